The Hall–Kier alpha value is -0.120. The molecule has 1 atom stereocenters. The molecule has 0 amide bonds. The van der Waals surface area contributed by atoms with Crippen molar-refractivity contribution in [2.45, 2.75) is 116 Å². The van der Waals surface area contributed by atoms with Gasteiger partial charge in [-0.05, 0) is 6.42 Å². The van der Waals surface area contributed by atoms with Crippen LogP contribution >= 0.6 is 0 Å². The van der Waals surface area contributed by atoms with Gasteiger partial charge in [0.25, 0.3) is 0 Å². The summed E-state index contributed by atoms with van der Waals surface area (Å²) in [7, 11) is 0. The first-order chi connectivity index (χ1) is 12.4. The normalized spacial score (nSPS) is 18.2. The predicted octanol–water partition coefficient (Wildman–Crippen LogP) is 5.44. The summed E-state index contributed by atoms with van der Waals surface area (Å²) in [5.74, 6) is 0. The molecule has 1 unspecified atom stereocenters. The molecule has 25 heavy (non-hydrogen) atoms. The van der Waals surface area contributed by atoms with E-state index < -0.39 is 0 Å². The fourth-order valence-electron chi connectivity index (χ4n) is 4.09. The van der Waals surface area contributed by atoms with Crippen LogP contribution in [-0.2, 0) is 0 Å². The summed E-state index contributed by atoms with van der Waals surface area (Å²) < 4.78 is 0. The lowest BCUT2D eigenvalue weighted by Gasteiger charge is -2.23. The standard InChI is InChI=1S/C22H47N3/c1-2-3-4-5-6-7-8-9-10-11-12-13-14-15-16-17-22-24-19-21-25(22)20-18-23/h22,24H,2-21,23H2,1H3. The van der Waals surface area contributed by atoms with E-state index in [9.17, 15) is 0 Å². The molecule has 1 fully saturated rings. The highest BCUT2D eigenvalue weighted by Gasteiger charge is 2.21. The van der Waals surface area contributed by atoms with Crippen LogP contribution in [-0.4, -0.2) is 37.2 Å². The first-order valence-electron chi connectivity index (χ1n) is 11.6. The first-order valence-corrected chi connectivity index (χ1v) is 11.6. The topological polar surface area (TPSA) is 41.3 Å². The molecule has 1 aliphatic rings. The molecule has 0 saturated carbocycles. The summed E-state index contributed by atoms with van der Waals surface area (Å²) in [5, 5.41) is 3.61. The van der Waals surface area contributed by atoms with E-state index >= 15 is 0 Å². The molecule has 150 valence electrons. The van der Waals surface area contributed by atoms with Gasteiger partial charge in [-0.1, -0.05) is 103 Å². The number of hydrogen-bond donors (Lipinski definition) is 2. The van der Waals surface area contributed by atoms with Gasteiger partial charge >= 0.3 is 0 Å². The molecule has 3 N–H and O–H groups in total. The Morgan fingerprint density at radius 2 is 1.24 bits per heavy atom. The van der Waals surface area contributed by atoms with Gasteiger partial charge in [0.2, 0.25) is 0 Å². The maximum atomic E-state index is 5.69. The molecular formula is C22H47N3. The van der Waals surface area contributed by atoms with Gasteiger partial charge in [-0.15, -0.1) is 0 Å². The third-order valence-electron chi connectivity index (χ3n) is 5.72. The van der Waals surface area contributed by atoms with E-state index in [0.29, 0.717) is 6.17 Å². The summed E-state index contributed by atoms with van der Waals surface area (Å²) in [6.45, 7) is 6.46. The molecule has 3 nitrogen and oxygen atoms in total. The molecule has 1 rings (SSSR count). The summed E-state index contributed by atoms with van der Waals surface area (Å²) in [6.07, 6.45) is 23.6. The second kappa shape index (κ2) is 17.3. The number of nitrogens with zero attached hydrogens (tertiary/aromatic N) is 1. The maximum Gasteiger partial charge on any atom is 0.0598 e. The van der Waals surface area contributed by atoms with Gasteiger partial charge in [0.05, 0.1) is 6.17 Å². The zero-order valence-electron chi connectivity index (χ0n) is 17.2. The minimum atomic E-state index is 0.602. The summed E-state index contributed by atoms with van der Waals surface area (Å²) >= 11 is 0. The van der Waals surface area contributed by atoms with Crippen LogP contribution in [0.2, 0.25) is 0 Å². The third-order valence-corrected chi connectivity index (χ3v) is 5.72. The maximum absolute atomic E-state index is 5.69. The fraction of sp³-hybridized carbons (Fsp3) is 1.00. The highest BCUT2D eigenvalue weighted by molar-refractivity contribution is 4.77. The van der Waals surface area contributed by atoms with Gasteiger partial charge in [-0.2, -0.15) is 0 Å². The van der Waals surface area contributed by atoms with Gasteiger partial charge in [0, 0.05) is 26.2 Å². The smallest absolute Gasteiger partial charge is 0.0598 e. The van der Waals surface area contributed by atoms with Crippen molar-refractivity contribution in [3.05, 3.63) is 0 Å². The van der Waals surface area contributed by atoms with E-state index in [4.69, 9.17) is 5.73 Å². The molecule has 0 aromatic rings. The number of rotatable bonds is 18. The molecule has 1 aliphatic heterocycles. The Morgan fingerprint density at radius 1 is 0.760 bits per heavy atom. The Labute approximate surface area is 158 Å². The van der Waals surface area contributed by atoms with Crippen LogP contribution < -0.4 is 11.1 Å². The van der Waals surface area contributed by atoms with Gasteiger partial charge < -0.3 is 11.1 Å². The van der Waals surface area contributed by atoms with E-state index in [1.807, 2.05) is 0 Å². The second-order valence-electron chi connectivity index (χ2n) is 8.03. The van der Waals surface area contributed by atoms with Crippen LogP contribution in [0.3, 0.4) is 0 Å². The Morgan fingerprint density at radius 3 is 1.72 bits per heavy atom. The van der Waals surface area contributed by atoms with E-state index in [-0.39, 0.29) is 0 Å². The Kier molecular flexibility index (Phi) is 15.9. The lowest BCUT2D eigenvalue weighted by atomic mass is 10.0. The molecular weight excluding hydrogens is 306 g/mol. The van der Waals surface area contributed by atoms with Crippen molar-refractivity contribution in [3.8, 4) is 0 Å². The third kappa shape index (κ3) is 12.8. The lowest BCUT2D eigenvalue weighted by Crippen LogP contribution is -2.38. The molecule has 0 aromatic heterocycles. The van der Waals surface area contributed by atoms with Crippen molar-refractivity contribution >= 4 is 0 Å². The second-order valence-corrected chi connectivity index (χ2v) is 8.03. The van der Waals surface area contributed by atoms with Crippen LogP contribution in [0.4, 0.5) is 0 Å². The van der Waals surface area contributed by atoms with Crippen LogP contribution in [0.1, 0.15) is 110 Å². The van der Waals surface area contributed by atoms with E-state index in [1.165, 1.54) is 109 Å². The SMILES string of the molecule is CCCCCCCCCCCCCCCCCC1NCCN1CCN. The van der Waals surface area contributed by atoms with Crippen molar-refractivity contribution in [2.75, 3.05) is 26.2 Å². The van der Waals surface area contributed by atoms with Gasteiger partial charge in [-0.3, -0.25) is 4.90 Å². The van der Waals surface area contributed by atoms with Crippen molar-refractivity contribution in [1.29, 1.82) is 0 Å². The van der Waals surface area contributed by atoms with Crippen molar-refractivity contribution in [1.82, 2.24) is 10.2 Å². The van der Waals surface area contributed by atoms with E-state index in [0.717, 1.165) is 19.6 Å². The molecule has 0 aromatic carbocycles. The molecule has 0 spiro atoms. The zero-order valence-corrected chi connectivity index (χ0v) is 17.2. The number of hydrogen-bond acceptors (Lipinski definition) is 3. The van der Waals surface area contributed by atoms with Crippen LogP contribution in [0, 0.1) is 0 Å². The number of nitrogens with one attached hydrogen (secondary N) is 1. The lowest BCUT2D eigenvalue weighted by molar-refractivity contribution is 0.231. The monoisotopic (exact) mass is 353 g/mol. The highest BCUT2D eigenvalue weighted by Crippen LogP contribution is 2.15. The summed E-state index contributed by atoms with van der Waals surface area (Å²) in [4.78, 5) is 2.52. The van der Waals surface area contributed by atoms with E-state index in [1.54, 1.807) is 0 Å². The number of unbranched alkanes of at least 4 members (excludes halogenated alkanes) is 14. The Balaban J connectivity index is 1.75. The summed E-state index contributed by atoms with van der Waals surface area (Å²) in [5.41, 5.74) is 5.69. The molecule has 1 saturated heterocycles. The summed E-state index contributed by atoms with van der Waals surface area (Å²) in [6, 6.07) is 0. The van der Waals surface area contributed by atoms with Gasteiger partial charge in [0.15, 0.2) is 0 Å². The minimum absolute atomic E-state index is 0.602. The number of nitrogens with two attached hydrogens (primary N) is 1. The molecule has 0 radical (unpaired) electrons. The van der Waals surface area contributed by atoms with Gasteiger partial charge in [0.1, 0.15) is 0 Å². The van der Waals surface area contributed by atoms with Gasteiger partial charge in [-0.25, -0.2) is 0 Å². The zero-order chi connectivity index (χ0) is 18.0. The quantitative estimate of drug-likeness (QED) is 0.322. The molecule has 3 heteroatoms. The largest absolute Gasteiger partial charge is 0.329 e. The highest BCUT2D eigenvalue weighted by atomic mass is 15.3. The van der Waals surface area contributed by atoms with Crippen molar-refractivity contribution in [2.24, 2.45) is 5.73 Å². The molecule has 0 bridgehead atoms. The Bertz CT molecular complexity index is 270. The van der Waals surface area contributed by atoms with Crippen LogP contribution in [0.15, 0.2) is 0 Å². The van der Waals surface area contributed by atoms with Crippen molar-refractivity contribution < 1.29 is 0 Å². The molecule has 1 heterocycles. The first kappa shape index (κ1) is 22.9. The average Bonchev–Trinajstić information content (AvgIpc) is 3.06. The average molecular weight is 354 g/mol. The van der Waals surface area contributed by atoms with E-state index in [2.05, 4.69) is 17.1 Å². The van der Waals surface area contributed by atoms with Crippen molar-refractivity contribution in [3.63, 3.8) is 0 Å². The predicted molar refractivity (Wildman–Crippen MR) is 112 cm³/mol. The molecule has 0 aliphatic carbocycles. The van der Waals surface area contributed by atoms with Crippen LogP contribution in [0.5, 0.6) is 0 Å². The van der Waals surface area contributed by atoms with Crippen LogP contribution in [0.25, 0.3) is 0 Å². The minimum Gasteiger partial charge on any atom is -0.329 e. The fourth-order valence-corrected chi connectivity index (χ4v) is 4.09.